The summed E-state index contributed by atoms with van der Waals surface area (Å²) in [7, 11) is 2.17. The SMILES string of the molecule is CCCCCC1(NC(=O)C(C(N)N)C2CC3(CCCC)CC3(C)CC(F)CN2)CN=CCC1C1CNC(C)N1C. The minimum atomic E-state index is -0.932. The zero-order valence-corrected chi connectivity index (χ0v) is 25.9. The lowest BCUT2D eigenvalue weighted by Crippen LogP contribution is -2.66. The molecule has 40 heavy (non-hydrogen) atoms. The molecule has 4 rings (SSSR count). The monoisotopic (exact) mass is 563 g/mol. The van der Waals surface area contributed by atoms with E-state index in [1.165, 1.54) is 0 Å². The molecule has 0 aromatic carbocycles. The number of fused-ring (bicyclic) bond motifs is 1. The van der Waals surface area contributed by atoms with Crippen LogP contribution in [0, 0.1) is 22.7 Å². The minimum absolute atomic E-state index is 0.0109. The van der Waals surface area contributed by atoms with Crippen LogP contribution in [-0.4, -0.2) is 79.8 Å². The molecule has 0 radical (unpaired) electrons. The molecule has 3 heterocycles. The quantitative estimate of drug-likeness (QED) is 0.184. The van der Waals surface area contributed by atoms with Crippen molar-refractivity contribution in [3.05, 3.63) is 0 Å². The summed E-state index contributed by atoms with van der Waals surface area (Å²) >= 11 is 0. The van der Waals surface area contributed by atoms with Crippen LogP contribution in [0.2, 0.25) is 0 Å². The number of halogens is 1. The molecule has 1 saturated carbocycles. The van der Waals surface area contributed by atoms with Gasteiger partial charge >= 0.3 is 0 Å². The van der Waals surface area contributed by atoms with Gasteiger partial charge in [0.1, 0.15) is 6.17 Å². The van der Waals surface area contributed by atoms with Gasteiger partial charge in [-0.1, -0.05) is 52.9 Å². The lowest BCUT2D eigenvalue weighted by atomic mass is 9.71. The van der Waals surface area contributed by atoms with Crippen molar-refractivity contribution in [2.45, 2.75) is 134 Å². The lowest BCUT2D eigenvalue weighted by molar-refractivity contribution is -0.130. The maximum Gasteiger partial charge on any atom is 0.228 e. The van der Waals surface area contributed by atoms with E-state index in [2.05, 4.69) is 55.6 Å². The van der Waals surface area contributed by atoms with Gasteiger partial charge < -0.3 is 27.4 Å². The summed E-state index contributed by atoms with van der Waals surface area (Å²) in [5, 5.41) is 10.6. The fourth-order valence-corrected chi connectivity index (χ4v) is 8.59. The van der Waals surface area contributed by atoms with Crippen LogP contribution in [-0.2, 0) is 4.79 Å². The highest BCUT2D eigenvalue weighted by Crippen LogP contribution is 2.71. The number of amides is 1. The highest BCUT2D eigenvalue weighted by molar-refractivity contribution is 5.81. The Balaban J connectivity index is 1.61. The Bertz CT molecular complexity index is 888. The van der Waals surface area contributed by atoms with Crippen LogP contribution < -0.4 is 27.4 Å². The molecule has 0 spiro atoms. The number of nitrogens with one attached hydrogen (secondary N) is 3. The Labute approximate surface area is 242 Å². The van der Waals surface area contributed by atoms with E-state index in [9.17, 15) is 4.79 Å². The molecule has 9 heteroatoms. The lowest BCUT2D eigenvalue weighted by Gasteiger charge is -2.48. The molecule has 4 aliphatic rings. The van der Waals surface area contributed by atoms with Crippen LogP contribution in [0.4, 0.5) is 4.39 Å². The van der Waals surface area contributed by atoms with Gasteiger partial charge in [-0.3, -0.25) is 14.7 Å². The van der Waals surface area contributed by atoms with Gasteiger partial charge in [-0.2, -0.15) is 0 Å². The van der Waals surface area contributed by atoms with Crippen molar-refractivity contribution >= 4 is 12.1 Å². The van der Waals surface area contributed by atoms with Crippen molar-refractivity contribution in [1.82, 2.24) is 20.9 Å². The Kier molecular flexibility index (Phi) is 10.4. The number of rotatable bonds is 12. The summed E-state index contributed by atoms with van der Waals surface area (Å²) in [6.45, 7) is 10.6. The normalized spacial score (nSPS) is 40.9. The number of aliphatic imine (C=N–C) groups is 1. The highest BCUT2D eigenvalue weighted by atomic mass is 19.1. The first-order valence-electron chi connectivity index (χ1n) is 16.2. The number of unbranched alkanes of at least 4 members (excludes halogenated alkanes) is 3. The molecule has 9 atom stereocenters. The van der Waals surface area contributed by atoms with Gasteiger partial charge in [0.05, 0.1) is 30.3 Å². The van der Waals surface area contributed by atoms with E-state index in [0.717, 1.165) is 70.8 Å². The standard InChI is InChI=1S/C31H58FN7O/c1-6-8-10-13-31(20-35-14-11-23(31)25-18-36-21(3)39(25)5)38-28(40)26(27(33)34)24-16-30(12-9-7-2)19-29(30,4)15-22(32)17-37-24/h14,21-27,36-37H,6-13,15-20,33-34H2,1-5H3,(H,38,40). The van der Waals surface area contributed by atoms with Crippen LogP contribution in [0.5, 0.6) is 0 Å². The Morgan fingerprint density at radius 3 is 2.55 bits per heavy atom. The highest BCUT2D eigenvalue weighted by Gasteiger charge is 2.65. The molecule has 1 aliphatic carbocycles. The van der Waals surface area contributed by atoms with Crippen LogP contribution >= 0.6 is 0 Å². The molecule has 0 aromatic heterocycles. The molecule has 8 nitrogen and oxygen atoms in total. The van der Waals surface area contributed by atoms with E-state index in [1.807, 2.05) is 6.21 Å². The third-order valence-electron chi connectivity index (χ3n) is 11.3. The summed E-state index contributed by atoms with van der Waals surface area (Å²) in [5.41, 5.74) is 12.4. The summed E-state index contributed by atoms with van der Waals surface area (Å²) < 4.78 is 15.1. The average molecular weight is 564 g/mol. The van der Waals surface area contributed by atoms with Gasteiger partial charge in [-0.05, 0) is 69.5 Å². The summed E-state index contributed by atoms with van der Waals surface area (Å²) in [6, 6.07) is 0.0382. The first kappa shape index (κ1) is 31.8. The molecule has 7 N–H and O–H groups in total. The number of alkyl halides is 1. The second-order valence-corrected chi connectivity index (χ2v) is 14.0. The predicted molar refractivity (Wildman–Crippen MR) is 162 cm³/mol. The van der Waals surface area contributed by atoms with Gasteiger partial charge in [-0.15, -0.1) is 0 Å². The third kappa shape index (κ3) is 6.43. The Hall–Kier alpha value is -1.13. The first-order valence-corrected chi connectivity index (χ1v) is 16.2. The molecule has 230 valence electrons. The Morgan fingerprint density at radius 2 is 1.90 bits per heavy atom. The molecule has 9 unspecified atom stereocenters. The number of hydrogen-bond acceptors (Lipinski definition) is 7. The molecule has 3 fully saturated rings. The van der Waals surface area contributed by atoms with Crippen LogP contribution in [0.25, 0.3) is 0 Å². The fourth-order valence-electron chi connectivity index (χ4n) is 8.59. The zero-order valence-electron chi connectivity index (χ0n) is 25.9. The number of likely N-dealkylation sites (N-methyl/N-ethyl adjacent to an activating group) is 1. The predicted octanol–water partition coefficient (Wildman–Crippen LogP) is 3.30. The minimum Gasteiger partial charge on any atom is -0.348 e. The fraction of sp³-hybridized carbons (Fsp3) is 0.935. The molecular weight excluding hydrogens is 505 g/mol. The van der Waals surface area contributed by atoms with Crippen molar-refractivity contribution in [3.8, 4) is 0 Å². The smallest absolute Gasteiger partial charge is 0.228 e. The number of nitrogens with two attached hydrogens (primary N) is 2. The molecule has 3 aliphatic heterocycles. The number of nitrogens with zero attached hydrogens (tertiary/aromatic N) is 2. The largest absolute Gasteiger partial charge is 0.348 e. The second kappa shape index (κ2) is 13.0. The van der Waals surface area contributed by atoms with E-state index >= 15 is 4.39 Å². The second-order valence-electron chi connectivity index (χ2n) is 14.0. The van der Waals surface area contributed by atoms with Gasteiger partial charge in [-0.25, -0.2) is 4.39 Å². The number of hydrogen-bond donors (Lipinski definition) is 5. The summed E-state index contributed by atoms with van der Waals surface area (Å²) in [6.07, 6.45) is 11.3. The van der Waals surface area contributed by atoms with Gasteiger partial charge in [0.2, 0.25) is 5.91 Å². The van der Waals surface area contributed by atoms with Crippen molar-refractivity contribution in [1.29, 1.82) is 0 Å². The van der Waals surface area contributed by atoms with Crippen molar-refractivity contribution in [2.24, 2.45) is 39.1 Å². The van der Waals surface area contributed by atoms with Crippen molar-refractivity contribution in [3.63, 3.8) is 0 Å². The number of carbonyl (C=O) groups is 1. The maximum absolute atomic E-state index is 15.1. The molecule has 0 bridgehead atoms. The summed E-state index contributed by atoms with van der Waals surface area (Å²) in [5.74, 6) is -0.510. The van der Waals surface area contributed by atoms with E-state index in [-0.39, 0.29) is 41.4 Å². The molecule has 2 saturated heterocycles. The molecule has 0 aromatic rings. The van der Waals surface area contributed by atoms with E-state index in [0.29, 0.717) is 19.0 Å². The first-order chi connectivity index (χ1) is 19.0. The maximum atomic E-state index is 15.1. The van der Waals surface area contributed by atoms with Gasteiger partial charge in [0, 0.05) is 31.1 Å². The van der Waals surface area contributed by atoms with Gasteiger partial charge in [0.15, 0.2) is 0 Å². The molecular formula is C31H58FN7O. The van der Waals surface area contributed by atoms with Crippen LogP contribution in [0.1, 0.15) is 98.3 Å². The third-order valence-corrected chi connectivity index (χ3v) is 11.3. The van der Waals surface area contributed by atoms with Crippen LogP contribution in [0.15, 0.2) is 4.99 Å². The Morgan fingerprint density at radius 1 is 1.15 bits per heavy atom. The average Bonchev–Trinajstić information content (AvgIpc) is 3.29. The topological polar surface area (TPSA) is 121 Å². The van der Waals surface area contributed by atoms with Crippen molar-refractivity contribution in [2.75, 3.05) is 26.7 Å². The van der Waals surface area contributed by atoms with E-state index < -0.39 is 23.8 Å². The van der Waals surface area contributed by atoms with E-state index in [4.69, 9.17) is 16.5 Å². The van der Waals surface area contributed by atoms with Crippen molar-refractivity contribution < 1.29 is 9.18 Å². The van der Waals surface area contributed by atoms with Gasteiger partial charge in [0.25, 0.3) is 0 Å². The number of carbonyl (C=O) groups excluding carboxylic acids is 1. The summed E-state index contributed by atoms with van der Waals surface area (Å²) in [4.78, 5) is 21.6. The zero-order chi connectivity index (χ0) is 29.1. The molecule has 1 amide bonds. The van der Waals surface area contributed by atoms with E-state index in [1.54, 1.807) is 0 Å². The van der Waals surface area contributed by atoms with Crippen LogP contribution in [0.3, 0.4) is 0 Å².